The van der Waals surface area contributed by atoms with Crippen LogP contribution in [0.25, 0.3) is 11.4 Å². The van der Waals surface area contributed by atoms with E-state index in [0.717, 1.165) is 7.11 Å². The van der Waals surface area contributed by atoms with Crippen LogP contribution in [-0.2, 0) is 26.2 Å². The minimum absolute atomic E-state index is 0.154. The number of aliphatic hydroxyl groups excluding tert-OH is 1. The number of carbonyl (C=O) groups is 3. The molecular weight excluding hydrogens is 462 g/mol. The van der Waals surface area contributed by atoms with Gasteiger partial charge in [0, 0.05) is 12.6 Å². The number of benzene rings is 2. The number of nitrogens with zero attached hydrogens (tertiary/aromatic N) is 3. The van der Waals surface area contributed by atoms with E-state index in [4.69, 9.17) is 16.3 Å². The van der Waals surface area contributed by atoms with Gasteiger partial charge >= 0.3 is 11.9 Å². The van der Waals surface area contributed by atoms with E-state index in [2.05, 4.69) is 0 Å². The molecule has 0 aliphatic carbocycles. The molecule has 1 atom stereocenters. The second kappa shape index (κ2) is 8.35. The predicted octanol–water partition coefficient (Wildman–Crippen LogP) is 2.48. The first-order valence-corrected chi connectivity index (χ1v) is 10.5. The Bertz CT molecular complexity index is 1410. The fourth-order valence-corrected chi connectivity index (χ4v) is 4.43. The van der Waals surface area contributed by atoms with Crippen molar-refractivity contribution in [2.24, 2.45) is 7.05 Å². The van der Waals surface area contributed by atoms with E-state index in [9.17, 15) is 24.3 Å². The summed E-state index contributed by atoms with van der Waals surface area (Å²) in [5.74, 6) is -4.35. The fraction of sp³-hybridized carbons (Fsp3) is 0.167. The highest BCUT2D eigenvalue weighted by Gasteiger charge is 2.63. The maximum Gasteiger partial charge on any atom is 0.353 e. The van der Waals surface area contributed by atoms with E-state index in [1.807, 2.05) is 0 Å². The van der Waals surface area contributed by atoms with Crippen LogP contribution < -0.4 is 10.5 Å². The Morgan fingerprint density at radius 1 is 1.00 bits per heavy atom. The van der Waals surface area contributed by atoms with Gasteiger partial charge in [-0.1, -0.05) is 60.1 Å². The molecule has 0 spiro atoms. The number of rotatable bonds is 4. The number of ketones is 1. The van der Waals surface area contributed by atoms with Gasteiger partial charge in [-0.25, -0.2) is 9.48 Å². The van der Waals surface area contributed by atoms with Gasteiger partial charge in [-0.05, 0) is 19.1 Å². The lowest BCUT2D eigenvalue weighted by Crippen LogP contribution is -2.51. The number of aromatic nitrogens is 2. The Hall–Kier alpha value is -4.11. The van der Waals surface area contributed by atoms with E-state index < -0.39 is 39.5 Å². The standard InChI is InChI=1S/C24H20ClN3O6/c1-14-18(21(31)28(26(14)2)16-12-8-5-9-13-16)27-22(32)20(30)17(24(27,25)23(33)34-3)19(29)15-10-6-4-7-11-15/h4-13,29H,1-3H3/b19-17-. The molecule has 1 aliphatic rings. The third-order valence-electron chi connectivity index (χ3n) is 5.75. The summed E-state index contributed by atoms with van der Waals surface area (Å²) in [5.41, 5.74) is -0.775. The zero-order chi connectivity index (χ0) is 24.8. The zero-order valence-electron chi connectivity index (χ0n) is 18.5. The normalized spacial score (nSPS) is 19.5. The number of hydrogen-bond donors (Lipinski definition) is 1. The van der Waals surface area contributed by atoms with Crippen LogP contribution in [0.2, 0.25) is 0 Å². The number of amides is 1. The molecule has 2 heterocycles. The first kappa shape index (κ1) is 23.1. The number of esters is 1. The Morgan fingerprint density at radius 2 is 1.56 bits per heavy atom. The summed E-state index contributed by atoms with van der Waals surface area (Å²) in [4.78, 5) is 50.9. The van der Waals surface area contributed by atoms with Crippen molar-refractivity contribution in [1.29, 1.82) is 0 Å². The highest BCUT2D eigenvalue weighted by Crippen LogP contribution is 2.44. The number of alkyl halides is 1. The molecule has 9 nitrogen and oxygen atoms in total. The van der Waals surface area contributed by atoms with Crippen molar-refractivity contribution in [1.82, 2.24) is 9.36 Å². The van der Waals surface area contributed by atoms with Gasteiger partial charge in [0.1, 0.15) is 17.0 Å². The molecule has 3 aromatic rings. The van der Waals surface area contributed by atoms with Crippen LogP contribution in [0, 0.1) is 6.92 Å². The smallest absolute Gasteiger partial charge is 0.353 e. The molecule has 1 aromatic heterocycles. The van der Waals surface area contributed by atoms with Crippen molar-refractivity contribution in [3.05, 3.63) is 87.8 Å². The van der Waals surface area contributed by atoms with E-state index in [0.29, 0.717) is 10.6 Å². The SMILES string of the molecule is COC(=O)C1(Cl)/C(=C(\O)c2ccccc2)C(=O)C(=O)N1c1c(C)n(C)n(-c2ccccc2)c1=O. The van der Waals surface area contributed by atoms with Gasteiger partial charge in [-0.15, -0.1) is 0 Å². The number of halogens is 1. The van der Waals surface area contributed by atoms with Crippen LogP contribution in [0.15, 0.2) is 71.0 Å². The molecular formula is C24H20ClN3O6. The first-order chi connectivity index (χ1) is 16.2. The van der Waals surface area contributed by atoms with Crippen molar-refractivity contribution in [3.63, 3.8) is 0 Å². The average Bonchev–Trinajstić information content (AvgIpc) is 3.19. The molecule has 10 heteroatoms. The van der Waals surface area contributed by atoms with Crippen molar-refractivity contribution >= 4 is 40.7 Å². The molecule has 0 radical (unpaired) electrons. The van der Waals surface area contributed by atoms with Crippen molar-refractivity contribution in [2.45, 2.75) is 11.9 Å². The lowest BCUT2D eigenvalue weighted by molar-refractivity contribution is -0.143. The van der Waals surface area contributed by atoms with E-state index >= 15 is 0 Å². The van der Waals surface area contributed by atoms with Crippen LogP contribution in [0.4, 0.5) is 5.69 Å². The van der Waals surface area contributed by atoms with Gasteiger partial charge in [-0.3, -0.25) is 24.0 Å². The molecule has 1 saturated heterocycles. The lowest BCUT2D eigenvalue weighted by Gasteiger charge is -2.29. The molecule has 1 unspecified atom stereocenters. The topological polar surface area (TPSA) is 111 Å². The molecule has 1 aliphatic heterocycles. The summed E-state index contributed by atoms with van der Waals surface area (Å²) in [6.45, 7) is 1.54. The van der Waals surface area contributed by atoms with E-state index in [1.165, 1.54) is 21.5 Å². The first-order valence-electron chi connectivity index (χ1n) is 10.2. The van der Waals surface area contributed by atoms with Crippen LogP contribution in [0.1, 0.15) is 11.3 Å². The van der Waals surface area contributed by atoms with Gasteiger partial charge in [0.15, 0.2) is 0 Å². The number of hydrogen-bond acceptors (Lipinski definition) is 6. The van der Waals surface area contributed by atoms with Crippen molar-refractivity contribution in [2.75, 3.05) is 12.0 Å². The molecule has 1 fully saturated rings. The highest BCUT2D eigenvalue weighted by atomic mass is 35.5. The maximum absolute atomic E-state index is 13.5. The van der Waals surface area contributed by atoms with Gasteiger partial charge in [-0.2, -0.15) is 0 Å². The van der Waals surface area contributed by atoms with Gasteiger partial charge in [0.05, 0.1) is 18.5 Å². The molecule has 1 N–H and O–H groups in total. The molecule has 2 aromatic carbocycles. The molecule has 1 amide bonds. The number of methoxy groups -OCH3 is 1. The zero-order valence-corrected chi connectivity index (χ0v) is 19.2. The number of aliphatic hydroxyl groups is 1. The number of carbonyl (C=O) groups excluding carboxylic acids is 3. The van der Waals surface area contributed by atoms with Crippen LogP contribution >= 0.6 is 11.6 Å². The number of ether oxygens (including phenoxy) is 1. The molecule has 0 saturated carbocycles. The average molecular weight is 482 g/mol. The summed E-state index contributed by atoms with van der Waals surface area (Å²) < 4.78 is 7.57. The van der Waals surface area contributed by atoms with E-state index in [-0.39, 0.29) is 16.9 Å². The third kappa shape index (κ3) is 3.16. The maximum atomic E-state index is 13.5. The second-order valence-electron chi connectivity index (χ2n) is 7.58. The largest absolute Gasteiger partial charge is 0.507 e. The lowest BCUT2D eigenvalue weighted by atomic mass is 10.0. The monoisotopic (exact) mass is 481 g/mol. The van der Waals surface area contributed by atoms with Crippen LogP contribution in [-0.4, -0.2) is 44.2 Å². The number of anilines is 1. The van der Waals surface area contributed by atoms with E-state index in [1.54, 1.807) is 62.5 Å². The summed E-state index contributed by atoms with van der Waals surface area (Å²) in [6.07, 6.45) is 0. The summed E-state index contributed by atoms with van der Waals surface area (Å²) >= 11 is 6.71. The molecule has 0 bridgehead atoms. The van der Waals surface area contributed by atoms with Gasteiger partial charge < -0.3 is 9.84 Å². The Balaban J connectivity index is 2.03. The summed E-state index contributed by atoms with van der Waals surface area (Å²) in [7, 11) is 2.61. The number of para-hydroxylation sites is 1. The van der Waals surface area contributed by atoms with Gasteiger partial charge in [0.25, 0.3) is 16.3 Å². The van der Waals surface area contributed by atoms with Gasteiger partial charge in [0.2, 0.25) is 0 Å². The molecule has 4 rings (SSSR count). The van der Waals surface area contributed by atoms with Crippen LogP contribution in [0.5, 0.6) is 0 Å². The summed E-state index contributed by atoms with van der Waals surface area (Å²) in [6, 6.07) is 16.4. The Kier molecular flexibility index (Phi) is 5.66. The van der Waals surface area contributed by atoms with Crippen LogP contribution in [0.3, 0.4) is 0 Å². The second-order valence-corrected chi connectivity index (χ2v) is 8.13. The summed E-state index contributed by atoms with van der Waals surface area (Å²) in [5, 5.41) is 10.9. The quantitative estimate of drug-likeness (QED) is 0.153. The minimum Gasteiger partial charge on any atom is -0.507 e. The predicted molar refractivity (Wildman–Crippen MR) is 125 cm³/mol. The minimum atomic E-state index is -2.61. The highest BCUT2D eigenvalue weighted by molar-refractivity contribution is 6.61. The van der Waals surface area contributed by atoms with Crippen molar-refractivity contribution in [3.8, 4) is 5.69 Å². The molecule has 174 valence electrons. The fourth-order valence-electron chi connectivity index (χ4n) is 4.01. The molecule has 34 heavy (non-hydrogen) atoms. The Labute approximate surface area is 199 Å². The number of Topliss-reactive ketones (excluding diaryl/α,β-unsaturated/α-hetero) is 1. The Morgan fingerprint density at radius 3 is 2.12 bits per heavy atom. The van der Waals surface area contributed by atoms with Crippen molar-refractivity contribution < 1.29 is 24.2 Å². The third-order valence-corrected chi connectivity index (χ3v) is 6.26.